The maximum atomic E-state index is 10.8. The van der Waals surface area contributed by atoms with Crippen molar-refractivity contribution < 1.29 is 4.79 Å². The summed E-state index contributed by atoms with van der Waals surface area (Å²) in [6.45, 7) is 1.73. The normalized spacial score (nSPS) is 12.5. The molecule has 0 aliphatic rings. The van der Waals surface area contributed by atoms with E-state index < -0.39 is 0 Å². The van der Waals surface area contributed by atoms with Crippen LogP contribution in [0.3, 0.4) is 0 Å². The van der Waals surface area contributed by atoms with Gasteiger partial charge in [-0.1, -0.05) is 23.2 Å². The topological polar surface area (TPSA) is 43.1 Å². The molecule has 1 unspecified atom stereocenters. The first-order valence-electron chi connectivity index (χ1n) is 3.91. The summed E-state index contributed by atoms with van der Waals surface area (Å²) in [6, 6.07) is 5.14. The second-order valence-electron chi connectivity index (χ2n) is 2.74. The lowest BCUT2D eigenvalue weighted by atomic mass is 10.4. The number of primary amides is 1. The van der Waals surface area contributed by atoms with Crippen molar-refractivity contribution in [2.24, 2.45) is 5.73 Å². The Kier molecular flexibility index (Phi) is 4.11. The molecule has 1 aromatic carbocycles. The number of carbonyl (C=O) groups is 1. The quantitative estimate of drug-likeness (QED) is 0.838. The maximum Gasteiger partial charge on any atom is 0.230 e. The van der Waals surface area contributed by atoms with Crippen LogP contribution in [0.25, 0.3) is 0 Å². The predicted molar refractivity (Wildman–Crippen MR) is 61.0 cm³/mol. The average Bonchev–Trinajstić information content (AvgIpc) is 2.09. The van der Waals surface area contributed by atoms with Gasteiger partial charge in [-0.05, 0) is 25.1 Å². The summed E-state index contributed by atoms with van der Waals surface area (Å²) >= 11 is 13.0. The molecule has 0 saturated carbocycles. The van der Waals surface area contributed by atoms with Crippen LogP contribution in [-0.4, -0.2) is 11.2 Å². The van der Waals surface area contributed by atoms with E-state index in [1.807, 2.05) is 0 Å². The van der Waals surface area contributed by atoms with Crippen molar-refractivity contribution in [3.8, 4) is 0 Å². The molecule has 0 aromatic heterocycles. The first-order chi connectivity index (χ1) is 6.50. The molecule has 0 saturated heterocycles. The zero-order valence-electron chi connectivity index (χ0n) is 7.46. The summed E-state index contributed by atoms with van der Waals surface area (Å²) in [5.74, 6) is -0.360. The Morgan fingerprint density at radius 2 is 2.14 bits per heavy atom. The second kappa shape index (κ2) is 4.91. The number of rotatable bonds is 3. The van der Waals surface area contributed by atoms with Gasteiger partial charge in [-0.15, -0.1) is 11.8 Å². The molecule has 1 amide bonds. The van der Waals surface area contributed by atoms with Crippen LogP contribution in [-0.2, 0) is 4.79 Å². The van der Waals surface area contributed by atoms with Crippen molar-refractivity contribution in [2.45, 2.75) is 17.1 Å². The summed E-state index contributed by atoms with van der Waals surface area (Å²) in [5.41, 5.74) is 5.13. The minimum Gasteiger partial charge on any atom is -0.369 e. The molecule has 0 spiro atoms. The number of benzene rings is 1. The van der Waals surface area contributed by atoms with Crippen LogP contribution in [0.1, 0.15) is 6.92 Å². The highest BCUT2D eigenvalue weighted by molar-refractivity contribution is 8.00. The zero-order valence-corrected chi connectivity index (χ0v) is 9.79. The molecule has 1 rings (SSSR count). The molecule has 76 valence electrons. The molecule has 5 heteroatoms. The Balaban J connectivity index is 2.82. The lowest BCUT2D eigenvalue weighted by molar-refractivity contribution is -0.117. The summed E-state index contributed by atoms with van der Waals surface area (Å²) in [5, 5.41) is 0.815. The number of halogens is 2. The van der Waals surface area contributed by atoms with Gasteiger partial charge in [0.15, 0.2) is 0 Å². The Bertz CT molecular complexity index is 357. The lowest BCUT2D eigenvalue weighted by Gasteiger charge is -2.08. The molecule has 1 aromatic rings. The van der Waals surface area contributed by atoms with Crippen molar-refractivity contribution in [3.05, 3.63) is 28.2 Å². The largest absolute Gasteiger partial charge is 0.369 e. The van der Waals surface area contributed by atoms with E-state index >= 15 is 0 Å². The van der Waals surface area contributed by atoms with E-state index in [1.165, 1.54) is 11.8 Å². The fourth-order valence-electron chi connectivity index (χ4n) is 0.819. The molecule has 1 atom stereocenters. The SMILES string of the molecule is CC(Sc1ccc(Cl)cc1Cl)C(N)=O. The third-order valence-corrected chi connectivity index (χ3v) is 3.45. The molecule has 0 bridgehead atoms. The lowest BCUT2D eigenvalue weighted by Crippen LogP contribution is -2.22. The van der Waals surface area contributed by atoms with E-state index in [2.05, 4.69) is 0 Å². The van der Waals surface area contributed by atoms with Crippen LogP contribution in [0.5, 0.6) is 0 Å². The van der Waals surface area contributed by atoms with E-state index in [1.54, 1.807) is 25.1 Å². The summed E-state index contributed by atoms with van der Waals surface area (Å²) in [7, 11) is 0. The first kappa shape index (κ1) is 11.7. The smallest absolute Gasteiger partial charge is 0.230 e. The van der Waals surface area contributed by atoms with Crippen molar-refractivity contribution in [1.82, 2.24) is 0 Å². The minimum atomic E-state index is -0.360. The Morgan fingerprint density at radius 3 is 2.64 bits per heavy atom. The molecular weight excluding hydrogens is 241 g/mol. The van der Waals surface area contributed by atoms with Crippen molar-refractivity contribution in [3.63, 3.8) is 0 Å². The van der Waals surface area contributed by atoms with Gasteiger partial charge in [0, 0.05) is 9.92 Å². The molecule has 0 radical (unpaired) electrons. The number of carbonyl (C=O) groups excluding carboxylic acids is 1. The Labute approximate surface area is 96.8 Å². The van der Waals surface area contributed by atoms with E-state index in [0.29, 0.717) is 10.0 Å². The molecule has 2 nitrogen and oxygen atoms in total. The van der Waals surface area contributed by atoms with Gasteiger partial charge < -0.3 is 5.73 Å². The standard InChI is InChI=1S/C9H9Cl2NOS/c1-5(9(12)13)14-8-3-2-6(10)4-7(8)11/h2-5H,1H3,(H2,12,13). The highest BCUT2D eigenvalue weighted by atomic mass is 35.5. The van der Waals surface area contributed by atoms with Crippen molar-refractivity contribution in [2.75, 3.05) is 0 Å². The van der Waals surface area contributed by atoms with Gasteiger partial charge in [0.1, 0.15) is 0 Å². The molecule has 0 heterocycles. The van der Waals surface area contributed by atoms with Gasteiger partial charge in [-0.3, -0.25) is 4.79 Å². The van der Waals surface area contributed by atoms with E-state index in [-0.39, 0.29) is 11.2 Å². The third-order valence-electron chi connectivity index (χ3n) is 1.60. The highest BCUT2D eigenvalue weighted by Crippen LogP contribution is 2.31. The van der Waals surface area contributed by atoms with Gasteiger partial charge in [-0.2, -0.15) is 0 Å². The number of nitrogens with two attached hydrogens (primary N) is 1. The molecular formula is C9H9Cl2NOS. The number of hydrogen-bond acceptors (Lipinski definition) is 2. The molecule has 2 N–H and O–H groups in total. The maximum absolute atomic E-state index is 10.8. The van der Waals surface area contributed by atoms with Crippen LogP contribution in [0.15, 0.2) is 23.1 Å². The molecule has 0 aliphatic heterocycles. The summed E-state index contributed by atoms with van der Waals surface area (Å²) in [4.78, 5) is 11.6. The first-order valence-corrected chi connectivity index (χ1v) is 5.55. The Morgan fingerprint density at radius 1 is 1.50 bits per heavy atom. The van der Waals surface area contributed by atoms with Gasteiger partial charge in [0.25, 0.3) is 0 Å². The van der Waals surface area contributed by atoms with E-state index in [0.717, 1.165) is 4.90 Å². The van der Waals surface area contributed by atoms with Crippen molar-refractivity contribution in [1.29, 1.82) is 0 Å². The predicted octanol–water partition coefficient (Wildman–Crippen LogP) is 2.96. The number of amides is 1. The monoisotopic (exact) mass is 249 g/mol. The minimum absolute atomic E-state index is 0.298. The van der Waals surface area contributed by atoms with Crippen LogP contribution in [0.4, 0.5) is 0 Å². The van der Waals surface area contributed by atoms with E-state index in [4.69, 9.17) is 28.9 Å². The number of thioether (sulfide) groups is 1. The van der Waals surface area contributed by atoms with Gasteiger partial charge in [0.05, 0.1) is 10.3 Å². The molecule has 14 heavy (non-hydrogen) atoms. The zero-order chi connectivity index (χ0) is 10.7. The molecule has 0 aliphatic carbocycles. The summed E-state index contributed by atoms with van der Waals surface area (Å²) in [6.07, 6.45) is 0. The van der Waals surface area contributed by atoms with Crippen LogP contribution < -0.4 is 5.73 Å². The molecule has 0 fully saturated rings. The highest BCUT2D eigenvalue weighted by Gasteiger charge is 2.12. The van der Waals surface area contributed by atoms with Crippen LogP contribution in [0.2, 0.25) is 10.0 Å². The Hall–Kier alpha value is -0.380. The van der Waals surface area contributed by atoms with Crippen molar-refractivity contribution >= 4 is 40.9 Å². The van der Waals surface area contributed by atoms with Crippen LogP contribution >= 0.6 is 35.0 Å². The average molecular weight is 250 g/mol. The number of hydrogen-bond donors (Lipinski definition) is 1. The fourth-order valence-corrected chi connectivity index (χ4v) is 2.18. The second-order valence-corrected chi connectivity index (χ2v) is 4.96. The fraction of sp³-hybridized carbons (Fsp3) is 0.222. The van der Waals surface area contributed by atoms with E-state index in [9.17, 15) is 4.79 Å². The van der Waals surface area contributed by atoms with Gasteiger partial charge in [0.2, 0.25) is 5.91 Å². The van der Waals surface area contributed by atoms with Gasteiger partial charge >= 0.3 is 0 Å². The van der Waals surface area contributed by atoms with Crippen LogP contribution in [0, 0.1) is 0 Å². The van der Waals surface area contributed by atoms with Gasteiger partial charge in [-0.25, -0.2) is 0 Å². The third kappa shape index (κ3) is 3.08. The summed E-state index contributed by atoms with van der Waals surface area (Å²) < 4.78 is 0.